The summed E-state index contributed by atoms with van der Waals surface area (Å²) < 4.78 is 12.8. The van der Waals surface area contributed by atoms with E-state index < -0.39 is 17.8 Å². The topological polar surface area (TPSA) is 139 Å². The average Bonchev–Trinajstić information content (AvgIpc) is 3.58. The van der Waals surface area contributed by atoms with E-state index in [0.717, 1.165) is 44.9 Å². The summed E-state index contributed by atoms with van der Waals surface area (Å²) in [6, 6.07) is 5.36. The summed E-state index contributed by atoms with van der Waals surface area (Å²) in [5, 5.41) is 27.9. The van der Waals surface area contributed by atoms with Crippen LogP contribution in [-0.2, 0) is 24.7 Å². The van der Waals surface area contributed by atoms with E-state index in [0.29, 0.717) is 35.8 Å². The smallest absolute Gasteiger partial charge is 0.306 e. The van der Waals surface area contributed by atoms with Gasteiger partial charge in [0, 0.05) is 19.3 Å². The summed E-state index contributed by atoms with van der Waals surface area (Å²) in [7, 11) is 0. The number of amides is 1. The monoisotopic (exact) mass is 482 g/mol. The summed E-state index contributed by atoms with van der Waals surface area (Å²) in [5.41, 5.74) is -0.975. The summed E-state index contributed by atoms with van der Waals surface area (Å²) in [6.45, 7) is 1.99. The highest BCUT2D eigenvalue weighted by Gasteiger charge is 2.52. The van der Waals surface area contributed by atoms with Gasteiger partial charge in [0.05, 0.1) is 5.69 Å². The molecule has 187 valence electrons. The lowest BCUT2D eigenvalue weighted by atomic mass is 9.94. The van der Waals surface area contributed by atoms with Crippen LogP contribution in [0.15, 0.2) is 18.5 Å². The van der Waals surface area contributed by atoms with Crippen molar-refractivity contribution >= 4 is 23.2 Å². The predicted molar refractivity (Wildman–Crippen MR) is 126 cm³/mol. The molecule has 35 heavy (non-hydrogen) atoms. The number of anilines is 1. The largest absolute Gasteiger partial charge is 0.463 e. The molecule has 1 amide bonds. The molecule has 0 unspecified atom stereocenters. The van der Waals surface area contributed by atoms with Crippen LogP contribution in [0.2, 0.25) is 0 Å². The normalized spacial score (nSPS) is 24.5. The SMILES string of the molecule is CCCCCC(=O)Nc1ncnn2c([C@]3(C#N)O[C@@H](COC(=O)CC4CCCC4)[CH][C@H]3O)ccc12. The van der Waals surface area contributed by atoms with Gasteiger partial charge in [-0.15, -0.1) is 0 Å². The highest BCUT2D eigenvalue weighted by Crippen LogP contribution is 2.40. The number of carbonyl (C=O) groups excluding carboxylic acids is 2. The lowest BCUT2D eigenvalue weighted by Gasteiger charge is -2.24. The summed E-state index contributed by atoms with van der Waals surface area (Å²) >= 11 is 0. The summed E-state index contributed by atoms with van der Waals surface area (Å²) in [5.74, 6) is 0.238. The Morgan fingerprint density at radius 2 is 2.14 bits per heavy atom. The standard InChI is InChI=1S/C25H32N5O5/c1-2-3-4-9-22(32)29-24-19-10-11-20(30(19)28-16-27-24)25(15-26)21(31)13-18(35-25)14-34-23(33)12-17-7-5-6-8-17/h10-11,13,16-18,21,31H,2-9,12,14H2,1H3,(H,27,28,29,32)/t18-,21-,25+/m1/s1. The molecule has 2 aromatic rings. The lowest BCUT2D eigenvalue weighted by molar-refractivity contribution is -0.149. The van der Waals surface area contributed by atoms with Gasteiger partial charge >= 0.3 is 5.97 Å². The molecular formula is C25H32N5O5. The molecule has 3 atom stereocenters. The average molecular weight is 483 g/mol. The number of ether oxygens (including phenoxy) is 2. The number of hydrogen-bond acceptors (Lipinski definition) is 8. The lowest BCUT2D eigenvalue weighted by Crippen LogP contribution is -2.37. The van der Waals surface area contributed by atoms with Crippen molar-refractivity contribution in [1.29, 1.82) is 5.26 Å². The van der Waals surface area contributed by atoms with E-state index in [2.05, 4.69) is 28.4 Å². The molecular weight excluding hydrogens is 450 g/mol. The number of unbranched alkanes of at least 4 members (excludes halogenated alkanes) is 2. The third-order valence-electron chi connectivity index (χ3n) is 6.75. The molecule has 10 heteroatoms. The number of aromatic nitrogens is 3. The van der Waals surface area contributed by atoms with Gasteiger partial charge in [-0.2, -0.15) is 10.4 Å². The maximum absolute atomic E-state index is 12.3. The van der Waals surface area contributed by atoms with Crippen LogP contribution in [-0.4, -0.2) is 50.4 Å². The van der Waals surface area contributed by atoms with Gasteiger partial charge in [0.2, 0.25) is 11.5 Å². The van der Waals surface area contributed by atoms with Gasteiger partial charge in [0.15, 0.2) is 5.82 Å². The number of rotatable bonds is 10. The molecule has 1 saturated carbocycles. The molecule has 2 aliphatic rings. The molecule has 2 N–H and O–H groups in total. The Kier molecular flexibility index (Phi) is 7.98. The second kappa shape index (κ2) is 11.1. The number of esters is 1. The Morgan fingerprint density at radius 3 is 2.89 bits per heavy atom. The molecule has 4 rings (SSSR count). The number of fused-ring (bicyclic) bond motifs is 1. The zero-order chi connectivity index (χ0) is 24.8. The van der Waals surface area contributed by atoms with Gasteiger partial charge in [0.25, 0.3) is 0 Å². The number of nitrogens with zero attached hydrogens (tertiary/aromatic N) is 4. The first-order valence-electron chi connectivity index (χ1n) is 12.4. The Bertz CT molecular complexity index is 1090. The van der Waals surface area contributed by atoms with Crippen LogP contribution in [0, 0.1) is 23.7 Å². The fourth-order valence-electron chi connectivity index (χ4n) is 4.86. The van der Waals surface area contributed by atoms with Crippen LogP contribution in [0.1, 0.15) is 70.4 Å². The van der Waals surface area contributed by atoms with Crippen molar-refractivity contribution < 1.29 is 24.2 Å². The minimum atomic E-state index is -1.74. The molecule has 2 aromatic heterocycles. The second-order valence-corrected chi connectivity index (χ2v) is 9.31. The highest BCUT2D eigenvalue weighted by molar-refractivity contribution is 5.93. The first-order chi connectivity index (χ1) is 17.0. The first-order valence-corrected chi connectivity index (χ1v) is 12.4. The molecule has 0 spiro atoms. The minimum Gasteiger partial charge on any atom is -0.463 e. The van der Waals surface area contributed by atoms with Gasteiger partial charge in [0.1, 0.15) is 36.7 Å². The van der Waals surface area contributed by atoms with E-state index in [1.54, 1.807) is 12.1 Å². The maximum Gasteiger partial charge on any atom is 0.306 e. The Morgan fingerprint density at radius 1 is 1.34 bits per heavy atom. The van der Waals surface area contributed by atoms with E-state index in [-0.39, 0.29) is 18.5 Å². The fraction of sp³-hybridized carbons (Fsp3) is 0.600. The van der Waals surface area contributed by atoms with E-state index >= 15 is 0 Å². The van der Waals surface area contributed by atoms with Gasteiger partial charge in [-0.25, -0.2) is 9.50 Å². The summed E-state index contributed by atoms with van der Waals surface area (Å²) in [6.07, 6.45) is 8.64. The molecule has 2 fully saturated rings. The van der Waals surface area contributed by atoms with Crippen LogP contribution in [0.4, 0.5) is 5.82 Å². The van der Waals surface area contributed by atoms with Gasteiger partial charge in [-0.3, -0.25) is 9.59 Å². The minimum absolute atomic E-state index is 0.0800. The molecule has 0 bridgehead atoms. The molecule has 1 radical (unpaired) electrons. The third-order valence-corrected chi connectivity index (χ3v) is 6.75. The second-order valence-electron chi connectivity index (χ2n) is 9.31. The van der Waals surface area contributed by atoms with Crippen molar-refractivity contribution in [2.75, 3.05) is 11.9 Å². The quantitative estimate of drug-likeness (QED) is 0.389. The van der Waals surface area contributed by atoms with E-state index in [1.165, 1.54) is 17.3 Å². The number of nitrogens with one attached hydrogen (secondary N) is 1. The van der Waals surface area contributed by atoms with Gasteiger partial charge in [-0.1, -0.05) is 32.6 Å². The molecule has 0 aromatic carbocycles. The number of carbonyl (C=O) groups is 2. The zero-order valence-corrected chi connectivity index (χ0v) is 20.0. The molecule has 3 heterocycles. The van der Waals surface area contributed by atoms with E-state index in [4.69, 9.17) is 9.47 Å². The van der Waals surface area contributed by atoms with Gasteiger partial charge in [-0.05, 0) is 37.3 Å². The number of nitriles is 1. The van der Waals surface area contributed by atoms with Crippen molar-refractivity contribution in [3.8, 4) is 6.07 Å². The van der Waals surface area contributed by atoms with Gasteiger partial charge < -0.3 is 19.9 Å². The van der Waals surface area contributed by atoms with E-state index in [1.807, 2.05) is 0 Å². The maximum atomic E-state index is 12.3. The van der Waals surface area contributed by atoms with Crippen molar-refractivity contribution in [2.24, 2.45) is 5.92 Å². The third kappa shape index (κ3) is 5.46. The van der Waals surface area contributed by atoms with Crippen LogP contribution in [0.25, 0.3) is 5.52 Å². The Labute approximate surface area is 204 Å². The van der Waals surface area contributed by atoms with Crippen molar-refractivity contribution in [3.05, 3.63) is 30.6 Å². The number of aliphatic hydroxyl groups is 1. The van der Waals surface area contributed by atoms with Crippen LogP contribution >= 0.6 is 0 Å². The van der Waals surface area contributed by atoms with Crippen LogP contribution < -0.4 is 5.32 Å². The Hall–Kier alpha value is -3.03. The van der Waals surface area contributed by atoms with Crippen molar-refractivity contribution in [1.82, 2.24) is 14.6 Å². The van der Waals surface area contributed by atoms with Crippen LogP contribution in [0.5, 0.6) is 0 Å². The molecule has 1 saturated heterocycles. The molecule has 1 aliphatic carbocycles. The number of hydrogen-bond donors (Lipinski definition) is 2. The predicted octanol–water partition coefficient (Wildman–Crippen LogP) is 3.05. The first kappa shape index (κ1) is 25.1. The highest BCUT2D eigenvalue weighted by atomic mass is 16.6. The van der Waals surface area contributed by atoms with Crippen molar-refractivity contribution in [3.63, 3.8) is 0 Å². The number of aliphatic hydroxyl groups excluding tert-OH is 1. The van der Waals surface area contributed by atoms with E-state index in [9.17, 15) is 20.0 Å². The Balaban J connectivity index is 1.46. The van der Waals surface area contributed by atoms with Crippen molar-refractivity contribution in [2.45, 2.75) is 82.5 Å². The molecule has 10 nitrogen and oxygen atoms in total. The zero-order valence-electron chi connectivity index (χ0n) is 20.0. The molecule has 1 aliphatic heterocycles. The van der Waals surface area contributed by atoms with Crippen LogP contribution in [0.3, 0.4) is 0 Å². The summed E-state index contributed by atoms with van der Waals surface area (Å²) in [4.78, 5) is 28.7. The fourth-order valence-corrected chi connectivity index (χ4v) is 4.86.